The lowest BCUT2D eigenvalue weighted by atomic mass is 10.2. The fraction of sp³-hybridized carbons (Fsp3) is 0.350. The third-order valence-electron chi connectivity index (χ3n) is 4.82. The van der Waals surface area contributed by atoms with E-state index >= 15 is 0 Å². The molecule has 35 heavy (non-hydrogen) atoms. The molecule has 1 aliphatic rings. The largest absolute Gasteiger partial charge is 0.493 e. The summed E-state index contributed by atoms with van der Waals surface area (Å²) < 4.78 is 58.3. The van der Waals surface area contributed by atoms with Crippen LogP contribution in [0.15, 0.2) is 29.2 Å². The number of ether oxygens (including phenoxy) is 3. The third-order valence-corrected chi connectivity index (χ3v) is 7.52. The van der Waals surface area contributed by atoms with E-state index in [4.69, 9.17) is 21.1 Å². The van der Waals surface area contributed by atoms with Crippen LogP contribution in [0.3, 0.4) is 0 Å². The van der Waals surface area contributed by atoms with Crippen molar-refractivity contribution < 1.29 is 41.4 Å². The van der Waals surface area contributed by atoms with Crippen molar-refractivity contribution in [3.8, 4) is 5.75 Å². The van der Waals surface area contributed by atoms with Crippen molar-refractivity contribution in [2.24, 2.45) is 0 Å². The number of esters is 1. The van der Waals surface area contributed by atoms with Crippen LogP contribution in [0.2, 0.25) is 4.34 Å². The number of morpholine rings is 1. The number of anilines is 1. The molecule has 3 rings (SSSR count). The van der Waals surface area contributed by atoms with Gasteiger partial charge in [0.15, 0.2) is 5.75 Å². The number of carbonyl (C=O) groups excluding carboxylic acids is 3. The lowest BCUT2D eigenvalue weighted by Gasteiger charge is -2.29. The minimum absolute atomic E-state index is 0.0507. The van der Waals surface area contributed by atoms with Gasteiger partial charge in [-0.25, -0.2) is 12.8 Å². The van der Waals surface area contributed by atoms with Crippen LogP contribution < -0.4 is 19.7 Å². The minimum atomic E-state index is -4.62. The van der Waals surface area contributed by atoms with Crippen LogP contribution in [-0.2, 0) is 29.1 Å². The Hall–Kier alpha value is -2.78. The zero-order valence-electron chi connectivity index (χ0n) is 18.5. The molecule has 190 valence electrons. The van der Waals surface area contributed by atoms with Crippen LogP contribution in [0.1, 0.15) is 9.67 Å². The SMILES string of the molecule is COC(=O)C(CNC(=O)c1ccc(Cl)s1)NS(=O)(=O)c1cc(F)cc(N2CCOCC2=O)c1OC. The van der Waals surface area contributed by atoms with Crippen molar-refractivity contribution in [2.75, 3.05) is 45.4 Å². The quantitative estimate of drug-likeness (QED) is 0.444. The highest BCUT2D eigenvalue weighted by Crippen LogP contribution is 2.36. The number of carbonyl (C=O) groups is 3. The first-order valence-corrected chi connectivity index (χ1v) is 12.6. The second-order valence-electron chi connectivity index (χ2n) is 7.07. The number of halogens is 2. The molecule has 0 spiro atoms. The van der Waals surface area contributed by atoms with E-state index in [1.54, 1.807) is 0 Å². The molecule has 1 fully saturated rings. The molecular weight excluding hydrogens is 529 g/mol. The number of thiophene rings is 1. The number of methoxy groups -OCH3 is 2. The second kappa shape index (κ2) is 11.3. The highest BCUT2D eigenvalue weighted by atomic mass is 35.5. The number of sulfonamides is 1. The third kappa shape index (κ3) is 6.27. The first-order valence-electron chi connectivity index (χ1n) is 9.96. The fourth-order valence-corrected chi connectivity index (χ4v) is 5.56. The summed E-state index contributed by atoms with van der Waals surface area (Å²) in [4.78, 5) is 37.6. The van der Waals surface area contributed by atoms with Gasteiger partial charge in [0, 0.05) is 19.2 Å². The summed E-state index contributed by atoms with van der Waals surface area (Å²) >= 11 is 6.81. The summed E-state index contributed by atoms with van der Waals surface area (Å²) in [5.41, 5.74) is -0.112. The van der Waals surface area contributed by atoms with Gasteiger partial charge >= 0.3 is 5.97 Å². The average molecular weight is 550 g/mol. The van der Waals surface area contributed by atoms with Gasteiger partial charge in [-0.15, -0.1) is 11.3 Å². The standard InChI is InChI=1S/C20H21ClFN3O8S2/c1-31-18-13(25-5-6-33-10-17(25)26)7-11(22)8-15(18)35(29,30)24-12(20(28)32-2)9-23-19(27)14-3-4-16(21)34-14/h3-4,7-8,12,24H,5-6,9-10H2,1-2H3,(H,23,27). The highest BCUT2D eigenvalue weighted by Gasteiger charge is 2.33. The molecule has 1 unspecified atom stereocenters. The van der Waals surface area contributed by atoms with Gasteiger partial charge in [-0.1, -0.05) is 11.6 Å². The van der Waals surface area contributed by atoms with E-state index in [0.29, 0.717) is 10.4 Å². The minimum Gasteiger partial charge on any atom is -0.493 e. The Bertz CT molecular complexity index is 1240. The molecule has 2 aromatic rings. The number of nitrogens with one attached hydrogen (secondary N) is 2. The molecule has 2 N–H and O–H groups in total. The van der Waals surface area contributed by atoms with Gasteiger partial charge in [0.1, 0.15) is 23.4 Å². The molecule has 11 nitrogen and oxygen atoms in total. The molecule has 15 heteroatoms. The zero-order chi connectivity index (χ0) is 25.8. The molecule has 1 aromatic carbocycles. The predicted octanol–water partition coefficient (Wildman–Crippen LogP) is 1.16. The molecule has 1 aliphatic heterocycles. The van der Waals surface area contributed by atoms with Gasteiger partial charge in [-0.3, -0.25) is 14.4 Å². The fourth-order valence-electron chi connectivity index (χ4n) is 3.22. The molecule has 1 atom stereocenters. The van der Waals surface area contributed by atoms with Crippen LogP contribution in [0, 0.1) is 5.82 Å². The molecule has 0 aliphatic carbocycles. The number of benzene rings is 1. The molecule has 1 saturated heterocycles. The van der Waals surface area contributed by atoms with Crippen molar-refractivity contribution in [1.29, 1.82) is 0 Å². The summed E-state index contributed by atoms with van der Waals surface area (Å²) in [7, 11) is -2.43. The van der Waals surface area contributed by atoms with E-state index in [9.17, 15) is 27.2 Å². The molecule has 0 radical (unpaired) electrons. The predicted molar refractivity (Wildman–Crippen MR) is 124 cm³/mol. The van der Waals surface area contributed by atoms with E-state index in [2.05, 4.69) is 14.8 Å². The molecule has 1 aromatic heterocycles. The number of hydrogen-bond donors (Lipinski definition) is 2. The van der Waals surface area contributed by atoms with Gasteiger partial charge in [0.2, 0.25) is 10.0 Å². The van der Waals surface area contributed by atoms with E-state index in [-0.39, 0.29) is 36.1 Å². The van der Waals surface area contributed by atoms with Gasteiger partial charge in [-0.05, 0) is 18.2 Å². The summed E-state index contributed by atoms with van der Waals surface area (Å²) in [6.45, 7) is -0.535. The van der Waals surface area contributed by atoms with Gasteiger partial charge in [0.25, 0.3) is 11.8 Å². The summed E-state index contributed by atoms with van der Waals surface area (Å²) in [6, 6.07) is 3.06. The normalized spacial score (nSPS) is 15.0. The van der Waals surface area contributed by atoms with Crippen LogP contribution in [0.25, 0.3) is 0 Å². The Kier molecular flexibility index (Phi) is 8.66. The smallest absolute Gasteiger partial charge is 0.325 e. The number of hydrogen-bond acceptors (Lipinski definition) is 9. The first kappa shape index (κ1) is 26.8. The van der Waals surface area contributed by atoms with E-state index in [1.165, 1.54) is 12.1 Å². The zero-order valence-corrected chi connectivity index (χ0v) is 20.9. The molecular formula is C20H21ClFN3O8S2. The van der Waals surface area contributed by atoms with E-state index in [1.807, 2.05) is 0 Å². The van der Waals surface area contributed by atoms with Gasteiger partial charge < -0.3 is 24.4 Å². The first-order chi connectivity index (χ1) is 16.6. The Morgan fingerprint density at radius 3 is 2.66 bits per heavy atom. The van der Waals surface area contributed by atoms with Crippen molar-refractivity contribution >= 4 is 56.4 Å². The van der Waals surface area contributed by atoms with E-state index < -0.39 is 51.1 Å². The number of rotatable bonds is 9. The molecule has 0 bridgehead atoms. The maximum Gasteiger partial charge on any atom is 0.325 e. The second-order valence-corrected chi connectivity index (χ2v) is 10.5. The topological polar surface area (TPSA) is 140 Å². The lowest BCUT2D eigenvalue weighted by Crippen LogP contribution is -2.49. The lowest BCUT2D eigenvalue weighted by molar-refractivity contribution is -0.142. The highest BCUT2D eigenvalue weighted by molar-refractivity contribution is 7.89. The van der Waals surface area contributed by atoms with Crippen molar-refractivity contribution in [3.05, 3.63) is 39.3 Å². The van der Waals surface area contributed by atoms with Crippen LogP contribution in [0.4, 0.5) is 10.1 Å². The molecule has 0 saturated carbocycles. The molecule has 2 heterocycles. The van der Waals surface area contributed by atoms with Crippen LogP contribution in [-0.4, -0.2) is 72.8 Å². The van der Waals surface area contributed by atoms with Crippen molar-refractivity contribution in [1.82, 2.24) is 10.0 Å². The number of amides is 2. The Morgan fingerprint density at radius 1 is 1.31 bits per heavy atom. The Balaban J connectivity index is 1.90. The number of nitrogens with zero attached hydrogens (tertiary/aromatic N) is 1. The van der Waals surface area contributed by atoms with Gasteiger partial charge in [0.05, 0.1) is 35.7 Å². The Morgan fingerprint density at radius 2 is 2.06 bits per heavy atom. The summed E-state index contributed by atoms with van der Waals surface area (Å²) in [6.07, 6.45) is 0. The summed E-state index contributed by atoms with van der Waals surface area (Å²) in [5, 5.41) is 2.42. The summed E-state index contributed by atoms with van der Waals surface area (Å²) in [5.74, 6) is -3.38. The molecule has 2 amide bonds. The van der Waals surface area contributed by atoms with Crippen LogP contribution >= 0.6 is 22.9 Å². The van der Waals surface area contributed by atoms with E-state index in [0.717, 1.165) is 36.5 Å². The maximum atomic E-state index is 14.5. The van der Waals surface area contributed by atoms with Gasteiger partial charge in [-0.2, -0.15) is 4.72 Å². The van der Waals surface area contributed by atoms with Crippen LogP contribution in [0.5, 0.6) is 5.75 Å². The van der Waals surface area contributed by atoms with Crippen molar-refractivity contribution in [2.45, 2.75) is 10.9 Å². The van der Waals surface area contributed by atoms with Crippen molar-refractivity contribution in [3.63, 3.8) is 0 Å². The monoisotopic (exact) mass is 549 g/mol. The average Bonchev–Trinajstić information content (AvgIpc) is 3.27. The maximum absolute atomic E-state index is 14.5. The Labute approximate surface area is 209 Å².